The lowest BCUT2D eigenvalue weighted by atomic mass is 9.92. The van der Waals surface area contributed by atoms with Gasteiger partial charge >= 0.3 is 5.97 Å². The number of benzene rings is 1. The molecule has 2 rings (SSSR count). The van der Waals surface area contributed by atoms with Crippen LogP contribution in [0, 0.1) is 23.2 Å². The highest BCUT2D eigenvalue weighted by atomic mass is 16.5. The van der Waals surface area contributed by atoms with Gasteiger partial charge in [-0.3, -0.25) is 9.59 Å². The Hall–Kier alpha value is -2.88. The Balaban J connectivity index is 1.85. The molecule has 1 N–H and O–H groups in total. The van der Waals surface area contributed by atoms with Crippen LogP contribution in [0.15, 0.2) is 24.3 Å². The molecule has 0 spiro atoms. The number of carbonyl (C=O) groups excluding carboxylic acids is 3. The van der Waals surface area contributed by atoms with E-state index in [0.29, 0.717) is 30.6 Å². The van der Waals surface area contributed by atoms with E-state index in [1.165, 1.54) is 12.1 Å². The molecule has 2 amide bonds. The quantitative estimate of drug-likeness (QED) is 0.815. The summed E-state index contributed by atoms with van der Waals surface area (Å²) in [6.07, 6.45) is 0.862. The van der Waals surface area contributed by atoms with Gasteiger partial charge in [0.05, 0.1) is 11.6 Å². The zero-order valence-electron chi connectivity index (χ0n) is 15.0. The van der Waals surface area contributed by atoms with E-state index in [0.717, 1.165) is 6.42 Å². The molecule has 1 aliphatic heterocycles. The molecule has 0 aromatic heterocycles. The number of hydrogen-bond acceptors (Lipinski definition) is 5. The van der Waals surface area contributed by atoms with Gasteiger partial charge in [-0.2, -0.15) is 5.26 Å². The second-order valence-corrected chi connectivity index (χ2v) is 6.78. The summed E-state index contributed by atoms with van der Waals surface area (Å²) in [5.74, 6) is -0.300. The van der Waals surface area contributed by atoms with Crippen molar-refractivity contribution in [1.82, 2.24) is 4.90 Å². The summed E-state index contributed by atoms with van der Waals surface area (Å²) in [6, 6.07) is 7.84. The third-order valence-corrected chi connectivity index (χ3v) is 4.19. The van der Waals surface area contributed by atoms with Gasteiger partial charge < -0.3 is 15.0 Å². The minimum atomic E-state index is -0.591. The minimum Gasteiger partial charge on any atom is -0.452 e. The molecular formula is C19H23N3O4. The number of anilines is 1. The number of piperidine rings is 1. The van der Waals surface area contributed by atoms with E-state index >= 15 is 0 Å². The van der Waals surface area contributed by atoms with Crippen molar-refractivity contribution in [3.8, 4) is 6.07 Å². The molecule has 1 aromatic carbocycles. The number of rotatable bonds is 5. The fourth-order valence-corrected chi connectivity index (χ4v) is 3.14. The van der Waals surface area contributed by atoms with Crippen LogP contribution in [0.3, 0.4) is 0 Å². The van der Waals surface area contributed by atoms with Crippen molar-refractivity contribution in [3.63, 3.8) is 0 Å². The van der Waals surface area contributed by atoms with Gasteiger partial charge in [0.1, 0.15) is 6.42 Å². The highest BCUT2D eigenvalue weighted by Crippen LogP contribution is 2.21. The Bertz CT molecular complexity index is 698. The van der Waals surface area contributed by atoms with Crippen molar-refractivity contribution in [1.29, 1.82) is 5.26 Å². The topological polar surface area (TPSA) is 99.5 Å². The number of ether oxygens (including phenoxy) is 1. The van der Waals surface area contributed by atoms with Crippen LogP contribution >= 0.6 is 0 Å². The predicted molar refractivity (Wildman–Crippen MR) is 95.1 cm³/mol. The third-order valence-electron chi connectivity index (χ3n) is 4.19. The van der Waals surface area contributed by atoms with Gasteiger partial charge in [0.15, 0.2) is 6.61 Å². The predicted octanol–water partition coefficient (Wildman–Crippen LogP) is 2.20. The molecular weight excluding hydrogens is 334 g/mol. The lowest BCUT2D eigenvalue weighted by Crippen LogP contribution is -2.44. The molecule has 138 valence electrons. The summed E-state index contributed by atoms with van der Waals surface area (Å²) in [4.78, 5) is 37.4. The number of nitrogens with zero attached hydrogens (tertiary/aromatic N) is 2. The molecule has 0 aliphatic carbocycles. The van der Waals surface area contributed by atoms with E-state index in [2.05, 4.69) is 19.2 Å². The monoisotopic (exact) mass is 357 g/mol. The smallest absolute Gasteiger partial charge is 0.338 e. The molecule has 0 bridgehead atoms. The third kappa shape index (κ3) is 5.59. The number of amides is 2. The van der Waals surface area contributed by atoms with Gasteiger partial charge in [0.2, 0.25) is 5.91 Å². The highest BCUT2D eigenvalue weighted by molar-refractivity contribution is 5.94. The first-order valence-corrected chi connectivity index (χ1v) is 8.60. The van der Waals surface area contributed by atoms with Crippen molar-refractivity contribution in [2.24, 2.45) is 11.8 Å². The van der Waals surface area contributed by atoms with Crippen LogP contribution in [0.25, 0.3) is 0 Å². The zero-order valence-corrected chi connectivity index (χ0v) is 15.0. The van der Waals surface area contributed by atoms with Crippen molar-refractivity contribution in [2.75, 3.05) is 25.0 Å². The van der Waals surface area contributed by atoms with E-state index < -0.39 is 11.9 Å². The molecule has 1 aliphatic rings. The second-order valence-electron chi connectivity index (χ2n) is 6.78. The SMILES string of the molecule is C[C@@H]1C[C@H](C)CN(C(=O)COC(=O)c2ccc(NC(=O)CC#N)cc2)C1. The fraction of sp³-hybridized carbons (Fsp3) is 0.474. The van der Waals surface area contributed by atoms with E-state index in [4.69, 9.17) is 10.00 Å². The molecule has 1 saturated heterocycles. The minimum absolute atomic E-state index is 0.183. The maximum atomic E-state index is 12.2. The Morgan fingerprint density at radius 1 is 1.19 bits per heavy atom. The molecule has 0 saturated carbocycles. The van der Waals surface area contributed by atoms with Gasteiger partial charge in [0, 0.05) is 18.8 Å². The molecule has 0 radical (unpaired) electrons. The molecule has 26 heavy (non-hydrogen) atoms. The van der Waals surface area contributed by atoms with Crippen LogP contribution in [0.2, 0.25) is 0 Å². The number of hydrogen-bond donors (Lipinski definition) is 1. The first-order chi connectivity index (χ1) is 12.4. The Morgan fingerprint density at radius 2 is 1.81 bits per heavy atom. The van der Waals surface area contributed by atoms with E-state index in [9.17, 15) is 14.4 Å². The van der Waals surface area contributed by atoms with Crippen LogP contribution < -0.4 is 5.32 Å². The van der Waals surface area contributed by atoms with Crippen LogP contribution in [-0.2, 0) is 14.3 Å². The van der Waals surface area contributed by atoms with Crippen LogP contribution in [0.5, 0.6) is 0 Å². The second kappa shape index (κ2) is 8.99. The normalized spacial score (nSPS) is 19.3. The maximum Gasteiger partial charge on any atom is 0.338 e. The van der Waals surface area contributed by atoms with Crippen LogP contribution in [0.1, 0.15) is 37.0 Å². The standard InChI is InChI=1S/C19H23N3O4/c1-13-9-14(2)11-22(10-13)18(24)12-26-19(25)15-3-5-16(6-4-15)21-17(23)7-8-20/h3-6,13-14H,7,9-12H2,1-2H3,(H,21,23)/t13-,14+. The van der Waals surface area contributed by atoms with Gasteiger partial charge in [-0.1, -0.05) is 13.8 Å². The number of carbonyl (C=O) groups is 3. The summed E-state index contributed by atoms with van der Waals surface area (Å²) in [6.45, 7) is 5.33. The zero-order chi connectivity index (χ0) is 19.1. The summed E-state index contributed by atoms with van der Waals surface area (Å²) < 4.78 is 5.11. The van der Waals surface area contributed by atoms with Crippen molar-refractivity contribution in [3.05, 3.63) is 29.8 Å². The fourth-order valence-electron chi connectivity index (χ4n) is 3.14. The summed E-state index contributed by atoms with van der Waals surface area (Å²) >= 11 is 0. The molecule has 7 heteroatoms. The van der Waals surface area contributed by atoms with Crippen LogP contribution in [0.4, 0.5) is 5.69 Å². The average Bonchev–Trinajstić information content (AvgIpc) is 2.59. The lowest BCUT2D eigenvalue weighted by molar-refractivity contribution is -0.137. The summed E-state index contributed by atoms with van der Waals surface area (Å²) in [5.41, 5.74) is 0.769. The Labute approximate surface area is 152 Å². The number of esters is 1. The molecule has 1 heterocycles. The van der Waals surface area contributed by atoms with Gasteiger partial charge in [-0.15, -0.1) is 0 Å². The van der Waals surface area contributed by atoms with Gasteiger partial charge in [-0.25, -0.2) is 4.79 Å². The number of nitriles is 1. The maximum absolute atomic E-state index is 12.2. The highest BCUT2D eigenvalue weighted by Gasteiger charge is 2.26. The van der Waals surface area contributed by atoms with Gasteiger partial charge in [0.25, 0.3) is 5.91 Å². The van der Waals surface area contributed by atoms with E-state index in [1.54, 1.807) is 23.1 Å². The average molecular weight is 357 g/mol. The molecule has 7 nitrogen and oxygen atoms in total. The largest absolute Gasteiger partial charge is 0.452 e. The first kappa shape index (κ1) is 19.4. The molecule has 1 aromatic rings. The van der Waals surface area contributed by atoms with Gasteiger partial charge in [-0.05, 0) is 42.5 Å². The number of nitrogens with one attached hydrogen (secondary N) is 1. The molecule has 2 atom stereocenters. The Kier molecular flexibility index (Phi) is 6.73. The summed E-state index contributed by atoms with van der Waals surface area (Å²) in [5, 5.41) is 11.0. The number of likely N-dealkylation sites (tertiary alicyclic amines) is 1. The molecule has 1 fully saturated rings. The Morgan fingerprint density at radius 3 is 2.38 bits per heavy atom. The van der Waals surface area contributed by atoms with Crippen molar-refractivity contribution < 1.29 is 19.1 Å². The van der Waals surface area contributed by atoms with E-state index in [1.807, 2.05) is 0 Å². The lowest BCUT2D eigenvalue weighted by Gasteiger charge is -2.34. The van der Waals surface area contributed by atoms with Crippen LogP contribution in [-0.4, -0.2) is 42.4 Å². The first-order valence-electron chi connectivity index (χ1n) is 8.60. The summed E-state index contributed by atoms with van der Waals surface area (Å²) in [7, 11) is 0. The van der Waals surface area contributed by atoms with E-state index in [-0.39, 0.29) is 24.5 Å². The van der Waals surface area contributed by atoms with Crippen molar-refractivity contribution >= 4 is 23.5 Å². The molecule has 0 unspecified atom stereocenters. The van der Waals surface area contributed by atoms with Crippen molar-refractivity contribution in [2.45, 2.75) is 26.7 Å².